The van der Waals surface area contributed by atoms with E-state index in [2.05, 4.69) is 13.5 Å². The highest BCUT2D eigenvalue weighted by Crippen LogP contribution is 2.72. The normalized spacial score (nSPS) is 42.4. The van der Waals surface area contributed by atoms with Gasteiger partial charge in [0.05, 0.1) is 29.8 Å². The standard InChI is InChI=1S/C35H52O11/c1-16(2)8-11-24(38)35(7,44)30-20(37)13-32(4)23-10-9-18-17(3)26(40)21(12-19(18)34(23,6)25(39)14-33(30,32)5)45-31-29(43)28(42)27(41)22(15-36)46-31/h12,20,22-24,27-31,36-38,40-44H,1,8-11,13-15H2,2-7H3/t20?,22?,23-,24?,27?,28?,29?,30?,31?,32-,33+,34+,35?/m0/s1. The number of phenolic OH excluding ortho intramolecular Hbond substituents is 1. The van der Waals surface area contributed by atoms with Crippen molar-refractivity contribution in [1.82, 2.24) is 0 Å². The number of hydrogen-bond acceptors (Lipinski definition) is 11. The highest BCUT2D eigenvalue weighted by Gasteiger charge is 2.73. The van der Waals surface area contributed by atoms with E-state index in [0.717, 1.165) is 11.1 Å². The van der Waals surface area contributed by atoms with E-state index < -0.39 is 77.3 Å². The van der Waals surface area contributed by atoms with Crippen LogP contribution in [0.3, 0.4) is 0 Å². The van der Waals surface area contributed by atoms with Crippen molar-refractivity contribution in [3.63, 3.8) is 0 Å². The number of carbonyl (C=O) groups is 1. The number of benzene rings is 1. The van der Waals surface area contributed by atoms with Crippen molar-refractivity contribution in [2.75, 3.05) is 6.61 Å². The van der Waals surface area contributed by atoms with Crippen molar-refractivity contribution in [2.24, 2.45) is 22.7 Å². The molecule has 11 nitrogen and oxygen atoms in total. The second-order valence-electron chi connectivity index (χ2n) is 15.4. The van der Waals surface area contributed by atoms with Crippen molar-refractivity contribution in [3.05, 3.63) is 34.9 Å². The van der Waals surface area contributed by atoms with Gasteiger partial charge in [-0.1, -0.05) is 19.4 Å². The maximum absolute atomic E-state index is 14.6. The Morgan fingerprint density at radius 2 is 1.80 bits per heavy atom. The minimum atomic E-state index is -1.69. The van der Waals surface area contributed by atoms with Gasteiger partial charge in [-0.25, -0.2) is 0 Å². The van der Waals surface area contributed by atoms with Crippen LogP contribution < -0.4 is 4.74 Å². The molecular formula is C35H52O11. The maximum atomic E-state index is 14.6. The van der Waals surface area contributed by atoms with Gasteiger partial charge in [-0.05, 0) is 99.3 Å². The fraction of sp³-hybridized carbons (Fsp3) is 0.743. The first-order chi connectivity index (χ1) is 21.3. The quantitative estimate of drug-likeness (QED) is 0.190. The van der Waals surface area contributed by atoms with E-state index in [-0.39, 0.29) is 36.0 Å². The van der Waals surface area contributed by atoms with Gasteiger partial charge in [0.25, 0.3) is 0 Å². The highest BCUT2D eigenvalue weighted by molar-refractivity contribution is 5.93. The number of hydrogen-bond donors (Lipinski definition) is 8. The summed E-state index contributed by atoms with van der Waals surface area (Å²) in [4.78, 5) is 14.6. The zero-order valence-corrected chi connectivity index (χ0v) is 27.7. The molecule has 9 unspecified atom stereocenters. The molecule has 11 heteroatoms. The van der Waals surface area contributed by atoms with Crippen LogP contribution in [0.15, 0.2) is 18.2 Å². The van der Waals surface area contributed by atoms with Crippen LogP contribution in [0, 0.1) is 29.6 Å². The molecule has 0 radical (unpaired) electrons. The average molecular weight is 649 g/mol. The topological polar surface area (TPSA) is 197 Å². The van der Waals surface area contributed by atoms with Gasteiger partial charge in [-0.15, -0.1) is 6.58 Å². The Balaban J connectivity index is 1.54. The number of carbonyl (C=O) groups excluding carboxylic acids is 1. The van der Waals surface area contributed by atoms with Gasteiger partial charge >= 0.3 is 0 Å². The summed E-state index contributed by atoms with van der Waals surface area (Å²) >= 11 is 0. The summed E-state index contributed by atoms with van der Waals surface area (Å²) in [7, 11) is 0. The first kappa shape index (κ1) is 35.2. The monoisotopic (exact) mass is 648 g/mol. The molecule has 8 N–H and O–H groups in total. The van der Waals surface area contributed by atoms with Crippen LogP contribution in [0.5, 0.6) is 11.5 Å². The number of aliphatic hydroxyl groups is 7. The van der Waals surface area contributed by atoms with Crippen molar-refractivity contribution in [1.29, 1.82) is 0 Å². The number of ether oxygens (including phenoxy) is 2. The molecule has 46 heavy (non-hydrogen) atoms. The Kier molecular flexibility index (Phi) is 9.04. The fourth-order valence-corrected chi connectivity index (χ4v) is 9.90. The molecule has 1 heterocycles. The van der Waals surface area contributed by atoms with E-state index >= 15 is 0 Å². The van der Waals surface area contributed by atoms with Gasteiger partial charge in [-0.3, -0.25) is 4.79 Å². The number of ketones is 1. The molecule has 3 fully saturated rings. The SMILES string of the molecule is C=C(C)CCC(O)C(C)(O)C1C(O)C[C@@]2(C)[C@@H]3CCc4c(cc(OC5OC(CO)C(O)C(O)C5O)c(O)c4C)[C@@]3(C)C(=O)C[C@]12C. The van der Waals surface area contributed by atoms with Crippen LogP contribution in [0.4, 0.5) is 0 Å². The molecule has 4 aliphatic rings. The minimum Gasteiger partial charge on any atom is -0.504 e. The van der Waals surface area contributed by atoms with Gasteiger partial charge < -0.3 is 50.3 Å². The number of rotatable bonds is 8. The average Bonchev–Trinajstić information content (AvgIpc) is 3.19. The lowest BCUT2D eigenvalue weighted by Crippen LogP contribution is -2.64. The van der Waals surface area contributed by atoms with Gasteiger partial charge in [0.2, 0.25) is 6.29 Å². The number of aliphatic hydroxyl groups excluding tert-OH is 6. The van der Waals surface area contributed by atoms with Crippen molar-refractivity contribution < 1.29 is 55.1 Å². The van der Waals surface area contributed by atoms with Gasteiger partial charge in [0.15, 0.2) is 11.5 Å². The first-order valence-corrected chi connectivity index (χ1v) is 16.4. The second kappa shape index (κ2) is 11.8. The van der Waals surface area contributed by atoms with Crippen LogP contribution in [0.2, 0.25) is 0 Å². The highest BCUT2D eigenvalue weighted by atomic mass is 16.7. The Morgan fingerprint density at radius 1 is 1.15 bits per heavy atom. The summed E-state index contributed by atoms with van der Waals surface area (Å²) in [5.74, 6) is -1.43. The van der Waals surface area contributed by atoms with E-state index in [1.54, 1.807) is 19.9 Å². The van der Waals surface area contributed by atoms with Gasteiger partial charge in [0, 0.05) is 12.3 Å². The molecule has 1 aliphatic heterocycles. The number of phenols is 1. The summed E-state index contributed by atoms with van der Waals surface area (Å²) in [6.07, 6.45) is -7.48. The van der Waals surface area contributed by atoms with Crippen LogP contribution in [-0.2, 0) is 21.4 Å². The van der Waals surface area contributed by atoms with Crippen molar-refractivity contribution >= 4 is 5.78 Å². The lowest BCUT2D eigenvalue weighted by Gasteiger charge is -2.62. The number of aromatic hydroxyl groups is 1. The molecule has 13 atom stereocenters. The summed E-state index contributed by atoms with van der Waals surface area (Å²) in [6.45, 7) is 14.3. The van der Waals surface area contributed by atoms with Crippen molar-refractivity contribution in [3.8, 4) is 11.5 Å². The zero-order chi connectivity index (χ0) is 34.3. The molecule has 0 bridgehead atoms. The Labute approximate surface area is 270 Å². The van der Waals surface area contributed by atoms with E-state index in [4.69, 9.17) is 9.47 Å². The Morgan fingerprint density at radius 3 is 2.41 bits per heavy atom. The first-order valence-electron chi connectivity index (χ1n) is 16.4. The molecule has 5 rings (SSSR count). The van der Waals surface area contributed by atoms with Crippen molar-refractivity contribution in [2.45, 2.75) is 134 Å². The predicted molar refractivity (Wildman–Crippen MR) is 167 cm³/mol. The lowest BCUT2D eigenvalue weighted by molar-refractivity contribution is -0.277. The predicted octanol–water partition coefficient (Wildman–Crippen LogP) is 1.53. The molecule has 0 amide bonds. The maximum Gasteiger partial charge on any atom is 0.229 e. The number of Topliss-reactive ketones (excluding diaryl/α,β-unsaturated/α-hetero) is 1. The van der Waals surface area contributed by atoms with E-state index in [9.17, 15) is 45.6 Å². The molecule has 0 aromatic heterocycles. The van der Waals surface area contributed by atoms with E-state index in [1.807, 2.05) is 20.8 Å². The number of allylic oxidation sites excluding steroid dienone is 1. The smallest absolute Gasteiger partial charge is 0.229 e. The Hall–Kier alpha value is -2.09. The van der Waals surface area contributed by atoms with Gasteiger partial charge in [0.1, 0.15) is 30.2 Å². The number of fused-ring (bicyclic) bond motifs is 5. The molecule has 1 aromatic rings. The largest absolute Gasteiger partial charge is 0.504 e. The van der Waals surface area contributed by atoms with E-state index in [1.165, 1.54) is 0 Å². The van der Waals surface area contributed by atoms with Crippen LogP contribution in [-0.4, -0.2) is 102 Å². The summed E-state index contributed by atoms with van der Waals surface area (Å²) < 4.78 is 11.4. The van der Waals surface area contributed by atoms with Crippen LogP contribution in [0.1, 0.15) is 83.4 Å². The molecular weight excluding hydrogens is 596 g/mol. The minimum absolute atomic E-state index is 0.0455. The molecule has 2 saturated carbocycles. The molecule has 1 saturated heterocycles. The summed E-state index contributed by atoms with van der Waals surface area (Å²) in [6, 6.07) is 1.58. The molecule has 258 valence electrons. The summed E-state index contributed by atoms with van der Waals surface area (Å²) in [5.41, 5.74) is -1.38. The Bertz CT molecular complexity index is 1370. The van der Waals surface area contributed by atoms with E-state index in [0.29, 0.717) is 36.8 Å². The van der Waals surface area contributed by atoms with Crippen LogP contribution in [0.25, 0.3) is 0 Å². The molecule has 0 spiro atoms. The molecule has 3 aliphatic carbocycles. The zero-order valence-electron chi connectivity index (χ0n) is 27.7. The third-order valence-electron chi connectivity index (χ3n) is 12.7. The lowest BCUT2D eigenvalue weighted by atomic mass is 9.41. The van der Waals surface area contributed by atoms with Gasteiger partial charge in [-0.2, -0.15) is 0 Å². The second-order valence-corrected chi connectivity index (χ2v) is 15.4. The fourth-order valence-electron chi connectivity index (χ4n) is 9.90. The third-order valence-corrected chi connectivity index (χ3v) is 12.7. The molecule has 1 aromatic carbocycles. The summed E-state index contributed by atoms with van der Waals surface area (Å²) in [5, 5.41) is 86.6. The third kappa shape index (κ3) is 4.96. The van der Waals surface area contributed by atoms with Crippen LogP contribution >= 0.6 is 0 Å².